The van der Waals surface area contributed by atoms with Crippen LogP contribution in [0.2, 0.25) is 0 Å². The molecule has 5 heteroatoms. The lowest BCUT2D eigenvalue weighted by Crippen LogP contribution is -2.45. The number of rotatable bonds is 1. The Hall–Kier alpha value is -0.940. The highest BCUT2D eigenvalue weighted by Crippen LogP contribution is 2.22. The number of sulfone groups is 1. The van der Waals surface area contributed by atoms with Crippen LogP contribution in [0.15, 0.2) is 18.2 Å². The second kappa shape index (κ2) is 4.38. The molecule has 0 radical (unpaired) electrons. The van der Waals surface area contributed by atoms with Gasteiger partial charge in [0, 0.05) is 12.1 Å². The molecule has 94 valence electrons. The summed E-state index contributed by atoms with van der Waals surface area (Å²) in [6.45, 7) is 3.51. The molecule has 1 aromatic rings. The summed E-state index contributed by atoms with van der Waals surface area (Å²) in [5.41, 5.74) is 1.27. The van der Waals surface area contributed by atoms with E-state index in [2.05, 4.69) is 5.32 Å². The van der Waals surface area contributed by atoms with Crippen LogP contribution >= 0.6 is 0 Å². The van der Waals surface area contributed by atoms with E-state index in [9.17, 15) is 12.8 Å². The van der Waals surface area contributed by atoms with Crippen LogP contribution in [0.1, 0.15) is 24.1 Å². The quantitative estimate of drug-likeness (QED) is 0.831. The van der Waals surface area contributed by atoms with E-state index in [4.69, 9.17) is 0 Å². The van der Waals surface area contributed by atoms with Gasteiger partial charge >= 0.3 is 0 Å². The molecule has 1 heterocycles. The Labute approximate surface area is 101 Å². The van der Waals surface area contributed by atoms with Crippen molar-refractivity contribution in [2.45, 2.75) is 25.9 Å². The fourth-order valence-electron chi connectivity index (χ4n) is 2.16. The first-order valence-electron chi connectivity index (χ1n) is 5.60. The number of hydrogen-bond acceptors (Lipinski definition) is 3. The van der Waals surface area contributed by atoms with Crippen molar-refractivity contribution < 1.29 is 12.8 Å². The second-order valence-corrected chi connectivity index (χ2v) is 6.86. The lowest BCUT2D eigenvalue weighted by molar-refractivity contribution is 0.466. The van der Waals surface area contributed by atoms with Gasteiger partial charge in [0.05, 0.1) is 11.5 Å². The summed E-state index contributed by atoms with van der Waals surface area (Å²) < 4.78 is 36.8. The molecule has 0 spiro atoms. The monoisotopic (exact) mass is 257 g/mol. The van der Waals surface area contributed by atoms with Crippen molar-refractivity contribution >= 4 is 9.84 Å². The van der Waals surface area contributed by atoms with E-state index in [1.807, 2.05) is 6.92 Å². The standard InChI is InChI=1S/C12H16FNO2S/c1-8-3-4-10(5-11(8)13)12-7-17(15,16)6-9(2)14-12/h3-5,9,12,14H,6-7H2,1-2H3. The molecule has 2 unspecified atom stereocenters. The van der Waals surface area contributed by atoms with Crippen LogP contribution in [0.5, 0.6) is 0 Å². The van der Waals surface area contributed by atoms with Gasteiger partial charge in [-0.05, 0) is 31.0 Å². The maximum absolute atomic E-state index is 13.4. The molecule has 0 saturated carbocycles. The molecule has 1 aliphatic heterocycles. The van der Waals surface area contributed by atoms with Crippen molar-refractivity contribution in [1.29, 1.82) is 0 Å². The topological polar surface area (TPSA) is 46.2 Å². The van der Waals surface area contributed by atoms with Gasteiger partial charge in [0.1, 0.15) is 5.82 Å². The third kappa shape index (κ3) is 2.84. The maximum atomic E-state index is 13.4. The van der Waals surface area contributed by atoms with E-state index in [0.29, 0.717) is 11.1 Å². The van der Waals surface area contributed by atoms with Crippen molar-refractivity contribution in [2.24, 2.45) is 0 Å². The van der Waals surface area contributed by atoms with Gasteiger partial charge in [-0.2, -0.15) is 0 Å². The van der Waals surface area contributed by atoms with E-state index >= 15 is 0 Å². The van der Waals surface area contributed by atoms with E-state index in [-0.39, 0.29) is 29.4 Å². The van der Waals surface area contributed by atoms with Gasteiger partial charge in [0.2, 0.25) is 0 Å². The molecule has 1 fully saturated rings. The Morgan fingerprint density at radius 3 is 2.65 bits per heavy atom. The highest BCUT2D eigenvalue weighted by Gasteiger charge is 2.29. The number of hydrogen-bond donors (Lipinski definition) is 1. The van der Waals surface area contributed by atoms with Crippen molar-refractivity contribution in [3.8, 4) is 0 Å². The van der Waals surface area contributed by atoms with Gasteiger partial charge in [0.25, 0.3) is 0 Å². The molecular weight excluding hydrogens is 241 g/mol. The van der Waals surface area contributed by atoms with Crippen LogP contribution in [0.25, 0.3) is 0 Å². The molecule has 0 aliphatic carbocycles. The Balaban J connectivity index is 2.30. The van der Waals surface area contributed by atoms with Crippen molar-refractivity contribution in [2.75, 3.05) is 11.5 Å². The predicted octanol–water partition coefficient (Wildman–Crippen LogP) is 1.58. The molecule has 0 amide bonds. The number of benzene rings is 1. The van der Waals surface area contributed by atoms with Crippen LogP contribution < -0.4 is 5.32 Å². The van der Waals surface area contributed by atoms with Crippen LogP contribution in [0.4, 0.5) is 4.39 Å². The molecule has 3 nitrogen and oxygen atoms in total. The summed E-state index contributed by atoms with van der Waals surface area (Å²) in [6, 6.07) is 4.48. The fourth-order valence-corrected chi connectivity index (χ4v) is 3.95. The van der Waals surface area contributed by atoms with Crippen LogP contribution in [0.3, 0.4) is 0 Å². The third-order valence-electron chi connectivity index (χ3n) is 3.01. The zero-order chi connectivity index (χ0) is 12.6. The summed E-state index contributed by atoms with van der Waals surface area (Å²) in [7, 11) is -3.04. The smallest absolute Gasteiger partial charge is 0.153 e. The third-order valence-corrected chi connectivity index (χ3v) is 4.86. The molecule has 17 heavy (non-hydrogen) atoms. The van der Waals surface area contributed by atoms with E-state index in [1.54, 1.807) is 19.1 Å². The van der Waals surface area contributed by atoms with Crippen molar-refractivity contribution in [3.63, 3.8) is 0 Å². The van der Waals surface area contributed by atoms with Gasteiger partial charge in [-0.3, -0.25) is 0 Å². The van der Waals surface area contributed by atoms with E-state index in [1.165, 1.54) is 6.07 Å². The predicted molar refractivity (Wildman–Crippen MR) is 65.1 cm³/mol. The molecular formula is C12H16FNO2S. The van der Waals surface area contributed by atoms with E-state index < -0.39 is 9.84 Å². The van der Waals surface area contributed by atoms with Gasteiger partial charge in [-0.1, -0.05) is 12.1 Å². The first kappa shape index (κ1) is 12.5. The molecule has 1 saturated heterocycles. The van der Waals surface area contributed by atoms with E-state index in [0.717, 1.165) is 0 Å². The van der Waals surface area contributed by atoms with Gasteiger partial charge in [-0.15, -0.1) is 0 Å². The Morgan fingerprint density at radius 1 is 1.35 bits per heavy atom. The molecule has 1 N–H and O–H groups in total. The highest BCUT2D eigenvalue weighted by molar-refractivity contribution is 7.91. The largest absolute Gasteiger partial charge is 0.306 e. The average molecular weight is 257 g/mol. The van der Waals surface area contributed by atoms with Crippen LogP contribution in [-0.2, 0) is 9.84 Å². The summed E-state index contributed by atoms with van der Waals surface area (Å²) in [4.78, 5) is 0. The lowest BCUT2D eigenvalue weighted by atomic mass is 10.1. The second-order valence-electron chi connectivity index (χ2n) is 4.71. The SMILES string of the molecule is Cc1ccc(C2CS(=O)(=O)CC(C)N2)cc1F. The molecule has 1 aromatic carbocycles. The molecule has 2 atom stereocenters. The number of halogens is 1. The summed E-state index contributed by atoms with van der Waals surface area (Å²) >= 11 is 0. The maximum Gasteiger partial charge on any atom is 0.153 e. The minimum atomic E-state index is -3.04. The molecule has 2 rings (SSSR count). The normalized spacial score (nSPS) is 27.9. The Bertz CT molecular complexity index is 527. The Kier molecular flexibility index (Phi) is 3.23. The summed E-state index contributed by atoms with van der Waals surface area (Å²) in [5.74, 6) is -0.0996. The van der Waals surface area contributed by atoms with Crippen molar-refractivity contribution in [3.05, 3.63) is 35.1 Å². The number of nitrogens with one attached hydrogen (secondary N) is 1. The molecule has 1 aliphatic rings. The highest BCUT2D eigenvalue weighted by atomic mass is 32.2. The van der Waals surface area contributed by atoms with Gasteiger partial charge < -0.3 is 5.32 Å². The Morgan fingerprint density at radius 2 is 2.06 bits per heavy atom. The zero-order valence-corrected chi connectivity index (χ0v) is 10.7. The summed E-state index contributed by atoms with van der Waals surface area (Å²) in [6.07, 6.45) is 0. The van der Waals surface area contributed by atoms with Crippen LogP contribution in [0, 0.1) is 12.7 Å². The summed E-state index contributed by atoms with van der Waals surface area (Å²) in [5, 5.41) is 3.19. The fraction of sp³-hybridized carbons (Fsp3) is 0.500. The van der Waals surface area contributed by atoms with Crippen molar-refractivity contribution in [1.82, 2.24) is 5.32 Å². The van der Waals surface area contributed by atoms with Gasteiger partial charge in [-0.25, -0.2) is 12.8 Å². The minimum absolute atomic E-state index is 0.0415. The molecule has 0 aromatic heterocycles. The first-order valence-corrected chi connectivity index (χ1v) is 7.42. The molecule has 0 bridgehead atoms. The zero-order valence-electron chi connectivity index (χ0n) is 9.90. The van der Waals surface area contributed by atoms with Crippen LogP contribution in [-0.4, -0.2) is 26.0 Å². The number of aryl methyl sites for hydroxylation is 1. The minimum Gasteiger partial charge on any atom is -0.306 e. The van der Waals surface area contributed by atoms with Gasteiger partial charge in [0.15, 0.2) is 9.84 Å². The lowest BCUT2D eigenvalue weighted by Gasteiger charge is -2.29. The first-order chi connectivity index (χ1) is 7.87. The average Bonchev–Trinajstić information content (AvgIpc) is 2.19.